The fourth-order valence-electron chi connectivity index (χ4n) is 1.96. The zero-order valence-corrected chi connectivity index (χ0v) is 13.1. The number of esters is 1. The standard InChI is InChI=1S/C14H14BrN3O3/c1-7(14(20)21-2)18-13(19)12-10-5-8(15)6-11(16)9(10)3-4-17-12/h3-7H,16H2,1-2H3,(H,18,19). The number of nitrogens with two attached hydrogens (primary N) is 1. The highest BCUT2D eigenvalue weighted by atomic mass is 79.9. The number of fused-ring (bicyclic) bond motifs is 1. The molecule has 2 aromatic rings. The maximum Gasteiger partial charge on any atom is 0.328 e. The Balaban J connectivity index is 2.42. The van der Waals surface area contributed by atoms with Gasteiger partial charge in [0.25, 0.3) is 5.91 Å². The molecule has 2 rings (SSSR count). The van der Waals surface area contributed by atoms with E-state index < -0.39 is 17.9 Å². The van der Waals surface area contributed by atoms with Crippen molar-refractivity contribution in [2.24, 2.45) is 0 Å². The van der Waals surface area contributed by atoms with E-state index in [0.717, 1.165) is 9.86 Å². The highest BCUT2D eigenvalue weighted by molar-refractivity contribution is 9.10. The fourth-order valence-corrected chi connectivity index (χ4v) is 2.43. The molecule has 0 saturated heterocycles. The molecule has 6 nitrogen and oxygen atoms in total. The quantitative estimate of drug-likeness (QED) is 0.650. The number of amides is 1. The minimum atomic E-state index is -0.760. The molecule has 0 aliphatic carbocycles. The number of benzene rings is 1. The number of hydrogen-bond acceptors (Lipinski definition) is 5. The molecule has 1 amide bonds. The van der Waals surface area contributed by atoms with Gasteiger partial charge in [-0.25, -0.2) is 4.79 Å². The van der Waals surface area contributed by atoms with Crippen molar-refractivity contribution in [2.45, 2.75) is 13.0 Å². The third kappa shape index (κ3) is 3.13. The van der Waals surface area contributed by atoms with Crippen LogP contribution in [0.15, 0.2) is 28.9 Å². The molecular formula is C14H14BrN3O3. The first kappa shape index (κ1) is 15.2. The van der Waals surface area contributed by atoms with Gasteiger partial charge in [0.05, 0.1) is 7.11 Å². The molecule has 0 saturated carbocycles. The Morgan fingerprint density at radius 3 is 2.76 bits per heavy atom. The predicted octanol–water partition coefficient (Wildman–Crippen LogP) is 1.87. The van der Waals surface area contributed by atoms with E-state index in [-0.39, 0.29) is 5.69 Å². The van der Waals surface area contributed by atoms with Crippen LogP contribution >= 0.6 is 15.9 Å². The molecule has 1 aromatic carbocycles. The SMILES string of the molecule is COC(=O)C(C)NC(=O)c1nccc2c(N)cc(Br)cc12. The fraction of sp³-hybridized carbons (Fsp3) is 0.214. The van der Waals surface area contributed by atoms with Crippen molar-refractivity contribution in [3.63, 3.8) is 0 Å². The molecule has 21 heavy (non-hydrogen) atoms. The lowest BCUT2D eigenvalue weighted by atomic mass is 10.1. The van der Waals surface area contributed by atoms with Gasteiger partial charge in [0.15, 0.2) is 0 Å². The summed E-state index contributed by atoms with van der Waals surface area (Å²) in [5.41, 5.74) is 6.68. The van der Waals surface area contributed by atoms with E-state index >= 15 is 0 Å². The first-order chi connectivity index (χ1) is 9.93. The molecule has 0 fully saturated rings. The number of anilines is 1. The number of carbonyl (C=O) groups excluding carboxylic acids is 2. The number of nitrogens with zero attached hydrogens (tertiary/aromatic N) is 1. The van der Waals surface area contributed by atoms with E-state index in [1.807, 2.05) is 0 Å². The smallest absolute Gasteiger partial charge is 0.328 e. The summed E-state index contributed by atoms with van der Waals surface area (Å²) in [6.45, 7) is 1.54. The molecule has 7 heteroatoms. The summed E-state index contributed by atoms with van der Waals surface area (Å²) < 4.78 is 5.32. The Bertz CT molecular complexity index is 718. The van der Waals surface area contributed by atoms with Crippen molar-refractivity contribution in [2.75, 3.05) is 12.8 Å². The van der Waals surface area contributed by atoms with Crippen molar-refractivity contribution in [1.82, 2.24) is 10.3 Å². The second-order valence-electron chi connectivity index (χ2n) is 4.47. The van der Waals surface area contributed by atoms with Crippen molar-refractivity contribution < 1.29 is 14.3 Å². The average Bonchev–Trinajstić information content (AvgIpc) is 2.45. The monoisotopic (exact) mass is 351 g/mol. The van der Waals surface area contributed by atoms with Gasteiger partial charge in [0.1, 0.15) is 11.7 Å². The van der Waals surface area contributed by atoms with E-state index in [4.69, 9.17) is 5.73 Å². The van der Waals surface area contributed by atoms with Crippen LogP contribution < -0.4 is 11.1 Å². The van der Waals surface area contributed by atoms with E-state index in [0.29, 0.717) is 11.1 Å². The van der Waals surface area contributed by atoms with Crippen LogP contribution in [-0.4, -0.2) is 30.0 Å². The zero-order chi connectivity index (χ0) is 15.6. The van der Waals surface area contributed by atoms with Gasteiger partial charge in [0.2, 0.25) is 0 Å². The Morgan fingerprint density at radius 1 is 1.38 bits per heavy atom. The second-order valence-corrected chi connectivity index (χ2v) is 5.38. The predicted molar refractivity (Wildman–Crippen MR) is 82.8 cm³/mol. The number of carbonyl (C=O) groups is 2. The lowest BCUT2D eigenvalue weighted by Crippen LogP contribution is -2.39. The van der Waals surface area contributed by atoms with Gasteiger partial charge in [-0.3, -0.25) is 9.78 Å². The first-order valence-electron chi connectivity index (χ1n) is 6.16. The minimum absolute atomic E-state index is 0.205. The molecule has 0 bridgehead atoms. The van der Waals surface area contributed by atoms with Crippen LogP contribution in [0.2, 0.25) is 0 Å². The number of nitrogen functional groups attached to an aromatic ring is 1. The largest absolute Gasteiger partial charge is 0.467 e. The number of pyridine rings is 1. The molecule has 110 valence electrons. The van der Waals surface area contributed by atoms with Gasteiger partial charge < -0.3 is 15.8 Å². The normalized spacial score (nSPS) is 12.0. The summed E-state index contributed by atoms with van der Waals surface area (Å²) in [5.74, 6) is -0.986. The lowest BCUT2D eigenvalue weighted by molar-refractivity contribution is -0.142. The summed E-state index contributed by atoms with van der Waals surface area (Å²) in [5, 5.41) is 3.88. The minimum Gasteiger partial charge on any atom is -0.467 e. The highest BCUT2D eigenvalue weighted by Crippen LogP contribution is 2.27. The van der Waals surface area contributed by atoms with Crippen LogP contribution in [0.3, 0.4) is 0 Å². The average molecular weight is 352 g/mol. The van der Waals surface area contributed by atoms with Crippen molar-refractivity contribution in [3.8, 4) is 0 Å². The van der Waals surface area contributed by atoms with Gasteiger partial charge in [-0.15, -0.1) is 0 Å². The maximum atomic E-state index is 12.3. The molecule has 0 spiro atoms. The number of nitrogens with one attached hydrogen (secondary N) is 1. The molecule has 1 unspecified atom stereocenters. The molecule has 0 aliphatic heterocycles. The molecule has 1 aromatic heterocycles. The Kier molecular flexibility index (Phi) is 4.42. The number of rotatable bonds is 3. The van der Waals surface area contributed by atoms with E-state index in [9.17, 15) is 9.59 Å². The van der Waals surface area contributed by atoms with Gasteiger partial charge in [-0.1, -0.05) is 15.9 Å². The Morgan fingerprint density at radius 2 is 2.10 bits per heavy atom. The van der Waals surface area contributed by atoms with Gasteiger partial charge in [0, 0.05) is 27.1 Å². The maximum absolute atomic E-state index is 12.3. The first-order valence-corrected chi connectivity index (χ1v) is 6.95. The van der Waals surface area contributed by atoms with E-state index in [2.05, 4.69) is 31.0 Å². The molecule has 0 radical (unpaired) electrons. The second kappa shape index (κ2) is 6.09. The van der Waals surface area contributed by atoms with Crippen LogP contribution in [0.4, 0.5) is 5.69 Å². The van der Waals surface area contributed by atoms with E-state index in [1.54, 1.807) is 25.1 Å². The van der Waals surface area contributed by atoms with Crippen molar-refractivity contribution in [1.29, 1.82) is 0 Å². The third-order valence-electron chi connectivity index (χ3n) is 2.99. The zero-order valence-electron chi connectivity index (χ0n) is 11.5. The van der Waals surface area contributed by atoms with Crippen LogP contribution in [0.25, 0.3) is 10.8 Å². The van der Waals surface area contributed by atoms with Crippen molar-refractivity contribution >= 4 is 44.3 Å². The van der Waals surface area contributed by atoms with Crippen LogP contribution in [0.5, 0.6) is 0 Å². The topological polar surface area (TPSA) is 94.3 Å². The van der Waals surface area contributed by atoms with Gasteiger partial charge in [-0.05, 0) is 25.1 Å². The van der Waals surface area contributed by atoms with Crippen LogP contribution in [0.1, 0.15) is 17.4 Å². The molecule has 1 heterocycles. The Hall–Kier alpha value is -2.15. The highest BCUT2D eigenvalue weighted by Gasteiger charge is 2.19. The number of ether oxygens (including phenoxy) is 1. The number of hydrogen-bond donors (Lipinski definition) is 2. The number of halogens is 1. The summed E-state index contributed by atoms with van der Waals surface area (Å²) in [6, 6.07) is 4.49. The van der Waals surface area contributed by atoms with Gasteiger partial charge >= 0.3 is 5.97 Å². The van der Waals surface area contributed by atoms with Crippen molar-refractivity contribution in [3.05, 3.63) is 34.6 Å². The van der Waals surface area contributed by atoms with Gasteiger partial charge in [-0.2, -0.15) is 0 Å². The summed E-state index contributed by atoms with van der Waals surface area (Å²) in [7, 11) is 1.26. The lowest BCUT2D eigenvalue weighted by Gasteiger charge is -2.13. The van der Waals surface area contributed by atoms with Crippen LogP contribution in [0, 0.1) is 0 Å². The molecular weight excluding hydrogens is 338 g/mol. The van der Waals surface area contributed by atoms with E-state index in [1.165, 1.54) is 13.3 Å². The molecule has 3 N–H and O–H groups in total. The third-order valence-corrected chi connectivity index (χ3v) is 3.45. The summed E-state index contributed by atoms with van der Waals surface area (Å²) in [4.78, 5) is 27.7. The summed E-state index contributed by atoms with van der Waals surface area (Å²) in [6.07, 6.45) is 1.50. The molecule has 0 aliphatic rings. The number of aromatic nitrogens is 1. The summed E-state index contributed by atoms with van der Waals surface area (Å²) >= 11 is 3.34. The van der Waals surface area contributed by atoms with Crippen LogP contribution in [-0.2, 0) is 9.53 Å². The Labute approximate surface area is 129 Å². The molecule has 1 atom stereocenters. The number of methoxy groups -OCH3 is 1.